The third-order valence-corrected chi connectivity index (χ3v) is 3.65. The minimum Gasteiger partial charge on any atom is -0.387 e. The van der Waals surface area contributed by atoms with Crippen LogP contribution in [0, 0.1) is 5.82 Å². The summed E-state index contributed by atoms with van der Waals surface area (Å²) < 4.78 is 13.0. The van der Waals surface area contributed by atoms with Crippen LogP contribution in [0.15, 0.2) is 59.8 Å². The molecule has 1 aliphatic heterocycles. The molecule has 4 nitrogen and oxygen atoms in total. The standard InChI is InChI=1S/C18H17FN2O2/c19-16-8-6-14(7-9-16)18-12-17(21-23-18)15-5-1-3-13(11-15)4-2-10-20-22/h1-9,11,18,20,22H,10,12H2. The number of hydrogen-bond acceptors (Lipinski definition) is 4. The van der Waals surface area contributed by atoms with Crippen molar-refractivity contribution in [3.8, 4) is 0 Å². The average molecular weight is 312 g/mol. The molecule has 0 bridgehead atoms. The van der Waals surface area contributed by atoms with Crippen molar-refractivity contribution in [2.45, 2.75) is 12.5 Å². The van der Waals surface area contributed by atoms with E-state index in [0.29, 0.717) is 13.0 Å². The summed E-state index contributed by atoms with van der Waals surface area (Å²) in [6.45, 7) is 0.390. The van der Waals surface area contributed by atoms with Gasteiger partial charge in [0.15, 0.2) is 6.10 Å². The van der Waals surface area contributed by atoms with Gasteiger partial charge in [-0.25, -0.2) is 9.87 Å². The van der Waals surface area contributed by atoms with E-state index in [9.17, 15) is 4.39 Å². The van der Waals surface area contributed by atoms with Crippen LogP contribution in [0.2, 0.25) is 0 Å². The van der Waals surface area contributed by atoms with Crippen molar-refractivity contribution in [1.82, 2.24) is 5.48 Å². The van der Waals surface area contributed by atoms with E-state index in [1.54, 1.807) is 12.1 Å². The van der Waals surface area contributed by atoms with Gasteiger partial charge in [-0.15, -0.1) is 0 Å². The first kappa shape index (κ1) is 15.4. The third-order valence-electron chi connectivity index (χ3n) is 3.65. The maximum atomic E-state index is 13.0. The summed E-state index contributed by atoms with van der Waals surface area (Å²) in [5.74, 6) is -0.259. The van der Waals surface area contributed by atoms with Crippen LogP contribution in [-0.4, -0.2) is 17.5 Å². The van der Waals surface area contributed by atoms with Crippen molar-refractivity contribution in [3.63, 3.8) is 0 Å². The molecule has 5 heteroatoms. The van der Waals surface area contributed by atoms with Crippen LogP contribution in [0.25, 0.3) is 6.08 Å². The summed E-state index contributed by atoms with van der Waals surface area (Å²) in [7, 11) is 0. The topological polar surface area (TPSA) is 53.8 Å². The smallest absolute Gasteiger partial charge is 0.158 e. The largest absolute Gasteiger partial charge is 0.387 e. The highest BCUT2D eigenvalue weighted by atomic mass is 19.1. The van der Waals surface area contributed by atoms with Crippen LogP contribution in [-0.2, 0) is 4.84 Å². The van der Waals surface area contributed by atoms with Crippen molar-refractivity contribution in [2.24, 2.45) is 5.16 Å². The van der Waals surface area contributed by atoms with Crippen LogP contribution < -0.4 is 5.48 Å². The molecule has 0 radical (unpaired) electrons. The maximum absolute atomic E-state index is 13.0. The minimum absolute atomic E-state index is 0.177. The van der Waals surface area contributed by atoms with Crippen LogP contribution in [0.1, 0.15) is 29.2 Å². The molecule has 0 saturated heterocycles. The Labute approximate surface area is 133 Å². The predicted molar refractivity (Wildman–Crippen MR) is 86.6 cm³/mol. The normalized spacial score (nSPS) is 17.3. The van der Waals surface area contributed by atoms with Gasteiger partial charge in [0.25, 0.3) is 0 Å². The van der Waals surface area contributed by atoms with Crippen molar-refractivity contribution >= 4 is 11.8 Å². The van der Waals surface area contributed by atoms with Gasteiger partial charge in [-0.3, -0.25) is 0 Å². The quantitative estimate of drug-likeness (QED) is 0.828. The number of hydroxylamine groups is 1. The van der Waals surface area contributed by atoms with E-state index in [-0.39, 0.29) is 11.9 Å². The molecule has 1 heterocycles. The third kappa shape index (κ3) is 3.83. The Morgan fingerprint density at radius 2 is 2.09 bits per heavy atom. The number of rotatable bonds is 5. The maximum Gasteiger partial charge on any atom is 0.158 e. The number of nitrogens with one attached hydrogen (secondary N) is 1. The second kappa shape index (κ2) is 7.17. The molecule has 2 N–H and O–H groups in total. The summed E-state index contributed by atoms with van der Waals surface area (Å²) in [6, 6.07) is 14.2. The second-order valence-corrected chi connectivity index (χ2v) is 5.28. The lowest BCUT2D eigenvalue weighted by molar-refractivity contribution is 0.0857. The Morgan fingerprint density at radius 1 is 1.26 bits per heavy atom. The monoisotopic (exact) mass is 312 g/mol. The van der Waals surface area contributed by atoms with Crippen molar-refractivity contribution in [1.29, 1.82) is 0 Å². The van der Waals surface area contributed by atoms with E-state index in [0.717, 1.165) is 22.4 Å². The molecule has 1 atom stereocenters. The number of halogens is 1. The minimum atomic E-state index is -0.259. The molecule has 0 saturated carbocycles. The van der Waals surface area contributed by atoms with Crippen LogP contribution in [0.3, 0.4) is 0 Å². The molecule has 3 rings (SSSR count). The predicted octanol–water partition coefficient (Wildman–Crippen LogP) is 3.68. The molecule has 1 aliphatic rings. The first-order chi connectivity index (χ1) is 11.3. The summed E-state index contributed by atoms with van der Waals surface area (Å²) in [4.78, 5) is 5.49. The molecular weight excluding hydrogens is 295 g/mol. The molecule has 0 amide bonds. The van der Waals surface area contributed by atoms with Crippen molar-refractivity contribution in [3.05, 3.63) is 77.1 Å². The van der Waals surface area contributed by atoms with E-state index in [4.69, 9.17) is 10.0 Å². The second-order valence-electron chi connectivity index (χ2n) is 5.28. The van der Waals surface area contributed by atoms with E-state index in [2.05, 4.69) is 10.6 Å². The van der Waals surface area contributed by atoms with Crippen molar-refractivity contribution < 1.29 is 14.4 Å². The lowest BCUT2D eigenvalue weighted by Crippen LogP contribution is -2.05. The number of benzene rings is 2. The Hall–Kier alpha value is -2.50. The van der Waals surface area contributed by atoms with Crippen molar-refractivity contribution in [2.75, 3.05) is 6.54 Å². The van der Waals surface area contributed by atoms with Gasteiger partial charge in [-0.2, -0.15) is 0 Å². The zero-order valence-corrected chi connectivity index (χ0v) is 12.4. The summed E-state index contributed by atoms with van der Waals surface area (Å²) >= 11 is 0. The zero-order chi connectivity index (χ0) is 16.1. The zero-order valence-electron chi connectivity index (χ0n) is 12.4. The highest BCUT2D eigenvalue weighted by molar-refractivity contribution is 6.01. The first-order valence-corrected chi connectivity index (χ1v) is 7.38. The van der Waals surface area contributed by atoms with Gasteiger partial charge in [-0.05, 0) is 29.3 Å². The first-order valence-electron chi connectivity index (χ1n) is 7.38. The van der Waals surface area contributed by atoms with Gasteiger partial charge in [0.2, 0.25) is 0 Å². The molecule has 23 heavy (non-hydrogen) atoms. The summed E-state index contributed by atoms with van der Waals surface area (Å²) in [6.07, 6.45) is 4.22. The SMILES string of the molecule is ONCC=Cc1cccc(C2=NOC(c3ccc(F)cc3)C2)c1. The van der Waals surface area contributed by atoms with Crippen LogP contribution >= 0.6 is 0 Å². The molecule has 118 valence electrons. The van der Waals surface area contributed by atoms with E-state index < -0.39 is 0 Å². The van der Waals surface area contributed by atoms with E-state index in [1.165, 1.54) is 12.1 Å². The summed E-state index contributed by atoms with van der Waals surface area (Å²) in [5.41, 5.74) is 5.87. The Balaban J connectivity index is 1.71. The van der Waals surface area contributed by atoms with Gasteiger partial charge in [0.05, 0.1) is 5.71 Å². The molecule has 2 aromatic carbocycles. The van der Waals surface area contributed by atoms with E-state index in [1.807, 2.05) is 36.4 Å². The fourth-order valence-electron chi connectivity index (χ4n) is 2.47. The fourth-order valence-corrected chi connectivity index (χ4v) is 2.47. The lowest BCUT2D eigenvalue weighted by Gasteiger charge is -2.08. The van der Waals surface area contributed by atoms with Crippen LogP contribution in [0.4, 0.5) is 4.39 Å². The highest BCUT2D eigenvalue weighted by Crippen LogP contribution is 2.29. The van der Waals surface area contributed by atoms with Gasteiger partial charge >= 0.3 is 0 Å². The number of hydrogen-bond donors (Lipinski definition) is 2. The molecule has 0 aromatic heterocycles. The number of oxime groups is 1. The number of nitrogens with zero attached hydrogens (tertiary/aromatic N) is 1. The molecule has 1 unspecified atom stereocenters. The molecule has 0 aliphatic carbocycles. The molecule has 0 spiro atoms. The lowest BCUT2D eigenvalue weighted by atomic mass is 9.99. The average Bonchev–Trinajstić information content (AvgIpc) is 3.06. The Kier molecular flexibility index (Phi) is 4.80. The van der Waals surface area contributed by atoms with Gasteiger partial charge in [0, 0.05) is 18.5 Å². The highest BCUT2D eigenvalue weighted by Gasteiger charge is 2.23. The molecule has 0 fully saturated rings. The van der Waals surface area contributed by atoms with Crippen LogP contribution in [0.5, 0.6) is 0 Å². The van der Waals surface area contributed by atoms with Gasteiger partial charge in [0.1, 0.15) is 5.82 Å². The Bertz CT molecular complexity index is 726. The molecule has 2 aromatic rings. The molecular formula is C18H17FN2O2. The van der Waals surface area contributed by atoms with Gasteiger partial charge < -0.3 is 10.0 Å². The van der Waals surface area contributed by atoms with Gasteiger partial charge in [-0.1, -0.05) is 47.6 Å². The fraction of sp³-hybridized carbons (Fsp3) is 0.167. The Morgan fingerprint density at radius 3 is 2.87 bits per heavy atom. The summed E-state index contributed by atoms with van der Waals surface area (Å²) in [5, 5.41) is 12.7. The van der Waals surface area contributed by atoms with E-state index >= 15 is 0 Å².